The number of aromatic nitrogens is 4. The Bertz CT molecular complexity index is 1020. The van der Waals surface area contributed by atoms with Crippen LogP contribution in [0.1, 0.15) is 35.5 Å². The highest BCUT2D eigenvalue weighted by molar-refractivity contribution is 5.79. The number of aryl methyl sites for hydroxylation is 2. The fourth-order valence-corrected chi connectivity index (χ4v) is 2.97. The predicted molar refractivity (Wildman–Crippen MR) is 97.9 cm³/mol. The molecule has 142 valence electrons. The van der Waals surface area contributed by atoms with Gasteiger partial charge in [-0.25, -0.2) is 9.37 Å². The third-order valence-corrected chi connectivity index (χ3v) is 4.46. The first kappa shape index (κ1) is 18.6. The van der Waals surface area contributed by atoms with E-state index in [0.717, 1.165) is 11.3 Å². The Balaban J connectivity index is 1.77. The van der Waals surface area contributed by atoms with Crippen LogP contribution < -0.4 is 15.8 Å². The molecular weight excluding hydrogens is 351 g/mol. The van der Waals surface area contributed by atoms with E-state index in [0.29, 0.717) is 17.0 Å². The number of carbonyl (C=O) groups excluding carboxylic acids is 1. The van der Waals surface area contributed by atoms with Gasteiger partial charge in [0.1, 0.15) is 0 Å². The molecule has 1 amide bonds. The van der Waals surface area contributed by atoms with Gasteiger partial charge >= 0.3 is 0 Å². The molecule has 3 aromatic rings. The normalized spacial score (nSPS) is 12.2. The quantitative estimate of drug-likeness (QED) is 0.708. The summed E-state index contributed by atoms with van der Waals surface area (Å²) in [4.78, 5) is 20.9. The molecule has 2 heterocycles. The third-order valence-electron chi connectivity index (χ3n) is 4.46. The molecule has 2 aromatic heterocycles. The number of amides is 1. The first-order chi connectivity index (χ1) is 12.8. The fraction of sp³-hybridized carbons (Fsp3) is 0.333. The summed E-state index contributed by atoms with van der Waals surface area (Å²) in [5.74, 6) is 0.00544. The minimum atomic E-state index is -0.471. The van der Waals surface area contributed by atoms with Crippen LogP contribution in [0.3, 0.4) is 0 Å². The first-order valence-electron chi connectivity index (χ1n) is 8.41. The van der Waals surface area contributed by atoms with E-state index in [1.54, 1.807) is 13.0 Å². The molecular formula is C18H21FN6O2. The molecule has 3 N–H and O–H groups in total. The Hall–Kier alpha value is -3.23. The molecule has 1 unspecified atom stereocenters. The zero-order valence-corrected chi connectivity index (χ0v) is 15.6. The number of fused-ring (bicyclic) bond motifs is 1. The van der Waals surface area contributed by atoms with Crippen molar-refractivity contribution in [2.24, 2.45) is 0 Å². The van der Waals surface area contributed by atoms with Crippen LogP contribution in [-0.4, -0.2) is 32.6 Å². The second-order valence-corrected chi connectivity index (χ2v) is 6.30. The van der Waals surface area contributed by atoms with Crippen molar-refractivity contribution in [2.45, 2.75) is 33.2 Å². The number of rotatable bonds is 5. The highest BCUT2D eigenvalue weighted by Crippen LogP contribution is 2.22. The lowest BCUT2D eigenvalue weighted by Gasteiger charge is -2.16. The molecule has 0 aliphatic rings. The lowest BCUT2D eigenvalue weighted by molar-refractivity contribution is -0.121. The zero-order chi connectivity index (χ0) is 19.7. The van der Waals surface area contributed by atoms with Gasteiger partial charge < -0.3 is 15.8 Å². The smallest absolute Gasteiger partial charge is 0.254 e. The van der Waals surface area contributed by atoms with E-state index in [2.05, 4.69) is 20.4 Å². The van der Waals surface area contributed by atoms with Gasteiger partial charge in [-0.05, 0) is 38.5 Å². The number of anilines is 1. The molecule has 0 radical (unpaired) electrons. The average Bonchev–Trinajstić information content (AvgIpc) is 2.98. The van der Waals surface area contributed by atoms with E-state index >= 15 is 0 Å². The number of carbonyl (C=O) groups is 1. The lowest BCUT2D eigenvalue weighted by atomic mass is 10.1. The van der Waals surface area contributed by atoms with Crippen molar-refractivity contribution in [3.05, 3.63) is 46.5 Å². The van der Waals surface area contributed by atoms with Gasteiger partial charge in [0.05, 0.1) is 19.6 Å². The number of nitrogens with one attached hydrogen (secondary N) is 1. The van der Waals surface area contributed by atoms with Crippen molar-refractivity contribution in [3.63, 3.8) is 0 Å². The highest BCUT2D eigenvalue weighted by Gasteiger charge is 2.17. The topological polar surface area (TPSA) is 107 Å². The molecule has 0 saturated carbocycles. The van der Waals surface area contributed by atoms with E-state index in [1.165, 1.54) is 23.8 Å². The molecule has 0 spiro atoms. The Labute approximate surface area is 155 Å². The number of nitrogen functional groups attached to an aromatic ring is 1. The maximum Gasteiger partial charge on any atom is 0.254 e. The van der Waals surface area contributed by atoms with Gasteiger partial charge in [-0.2, -0.15) is 9.50 Å². The van der Waals surface area contributed by atoms with Crippen LogP contribution in [-0.2, 0) is 11.2 Å². The molecule has 0 aliphatic carbocycles. The number of hydrogen-bond donors (Lipinski definition) is 2. The Morgan fingerprint density at radius 2 is 2.11 bits per heavy atom. The molecule has 1 atom stereocenters. The van der Waals surface area contributed by atoms with Gasteiger partial charge in [0.2, 0.25) is 11.9 Å². The minimum Gasteiger partial charge on any atom is -0.494 e. The van der Waals surface area contributed by atoms with E-state index in [4.69, 9.17) is 10.5 Å². The van der Waals surface area contributed by atoms with Gasteiger partial charge in [0.25, 0.3) is 5.78 Å². The highest BCUT2D eigenvalue weighted by atomic mass is 19.1. The number of methoxy groups -OCH3 is 1. The molecule has 0 bridgehead atoms. The van der Waals surface area contributed by atoms with E-state index < -0.39 is 5.82 Å². The summed E-state index contributed by atoms with van der Waals surface area (Å²) in [6, 6.07) is 4.24. The van der Waals surface area contributed by atoms with E-state index in [1.807, 2.05) is 13.8 Å². The van der Waals surface area contributed by atoms with Crippen LogP contribution in [0.5, 0.6) is 5.75 Å². The monoisotopic (exact) mass is 372 g/mol. The number of hydrogen-bond acceptors (Lipinski definition) is 6. The molecule has 0 fully saturated rings. The summed E-state index contributed by atoms with van der Waals surface area (Å²) in [6.45, 7) is 5.43. The number of ether oxygens (including phenoxy) is 1. The van der Waals surface area contributed by atoms with Crippen molar-refractivity contribution in [1.29, 1.82) is 0 Å². The third kappa shape index (κ3) is 3.67. The van der Waals surface area contributed by atoms with Crippen LogP contribution >= 0.6 is 0 Å². The SMILES string of the molecule is COc1ccc(C(C)NC(=O)Cc2c(C)nc3nc(N)nn3c2C)cc1F. The number of nitrogens with zero attached hydrogens (tertiary/aromatic N) is 4. The first-order valence-corrected chi connectivity index (χ1v) is 8.41. The lowest BCUT2D eigenvalue weighted by Crippen LogP contribution is -2.29. The zero-order valence-electron chi connectivity index (χ0n) is 15.6. The van der Waals surface area contributed by atoms with Crippen LogP contribution in [0, 0.1) is 19.7 Å². The van der Waals surface area contributed by atoms with E-state index in [-0.39, 0.29) is 30.1 Å². The van der Waals surface area contributed by atoms with Crippen molar-refractivity contribution in [2.75, 3.05) is 12.8 Å². The summed E-state index contributed by atoms with van der Waals surface area (Å²) in [5, 5.41) is 6.96. The van der Waals surface area contributed by atoms with E-state index in [9.17, 15) is 9.18 Å². The summed E-state index contributed by atoms with van der Waals surface area (Å²) in [7, 11) is 1.40. The van der Waals surface area contributed by atoms with Crippen LogP contribution in [0.2, 0.25) is 0 Å². The van der Waals surface area contributed by atoms with Crippen LogP contribution in [0.4, 0.5) is 10.3 Å². The number of halogens is 1. The van der Waals surface area contributed by atoms with Crippen LogP contribution in [0.25, 0.3) is 5.78 Å². The molecule has 27 heavy (non-hydrogen) atoms. The molecule has 3 rings (SSSR count). The summed E-state index contributed by atoms with van der Waals surface area (Å²) in [6.07, 6.45) is 0.114. The Morgan fingerprint density at radius 1 is 1.37 bits per heavy atom. The van der Waals surface area contributed by atoms with Crippen molar-refractivity contribution >= 4 is 17.6 Å². The standard InChI is InChI=1S/C18H21FN6O2/c1-9(12-5-6-15(27-4)14(19)7-12)21-16(26)8-13-10(2)22-18-23-17(20)24-25(18)11(13)3/h5-7,9H,8H2,1-4H3,(H2,20,24)(H,21,26). The molecule has 0 saturated heterocycles. The van der Waals surface area contributed by atoms with Crippen molar-refractivity contribution in [1.82, 2.24) is 24.9 Å². The predicted octanol–water partition coefficient (Wildman–Crippen LogP) is 1.89. The Morgan fingerprint density at radius 3 is 2.78 bits per heavy atom. The summed E-state index contributed by atoms with van der Waals surface area (Å²) in [5.41, 5.74) is 8.45. The summed E-state index contributed by atoms with van der Waals surface area (Å²) < 4.78 is 20.3. The Kier molecular flexibility index (Phi) is 4.93. The van der Waals surface area contributed by atoms with Crippen molar-refractivity contribution in [3.8, 4) is 5.75 Å². The maximum atomic E-state index is 13.9. The maximum absolute atomic E-state index is 13.9. The van der Waals surface area contributed by atoms with Gasteiger partial charge in [-0.3, -0.25) is 4.79 Å². The minimum absolute atomic E-state index is 0.114. The molecule has 8 nitrogen and oxygen atoms in total. The number of benzene rings is 1. The van der Waals surface area contributed by atoms with Crippen LogP contribution in [0.15, 0.2) is 18.2 Å². The van der Waals surface area contributed by atoms with Gasteiger partial charge in [0, 0.05) is 17.0 Å². The second kappa shape index (κ2) is 7.18. The largest absolute Gasteiger partial charge is 0.494 e. The average molecular weight is 372 g/mol. The second-order valence-electron chi connectivity index (χ2n) is 6.30. The van der Waals surface area contributed by atoms with Crippen molar-refractivity contribution < 1.29 is 13.9 Å². The van der Waals surface area contributed by atoms with Gasteiger partial charge in [-0.15, -0.1) is 5.10 Å². The molecule has 0 aliphatic heterocycles. The molecule has 9 heteroatoms. The number of nitrogens with two attached hydrogens (primary N) is 1. The van der Waals surface area contributed by atoms with Gasteiger partial charge in [0.15, 0.2) is 11.6 Å². The fourth-order valence-electron chi connectivity index (χ4n) is 2.97. The summed E-state index contributed by atoms with van der Waals surface area (Å²) >= 11 is 0. The molecule has 1 aromatic carbocycles. The van der Waals surface area contributed by atoms with Gasteiger partial charge in [-0.1, -0.05) is 6.07 Å².